The maximum atomic E-state index is 12.1. The predicted octanol–water partition coefficient (Wildman–Crippen LogP) is 4.00. The molecule has 0 radical (unpaired) electrons. The van der Waals surface area contributed by atoms with E-state index in [9.17, 15) is 14.9 Å². The number of nitrogens with one attached hydrogen (secondary N) is 1. The molecular formula is C21H20N2O3S. The monoisotopic (exact) mass is 380 g/mol. The van der Waals surface area contributed by atoms with Gasteiger partial charge in [0.05, 0.1) is 5.56 Å². The smallest absolute Gasteiger partial charge is 0.331 e. The Morgan fingerprint density at radius 1 is 1.33 bits per heavy atom. The van der Waals surface area contributed by atoms with Gasteiger partial charge in [-0.05, 0) is 49.8 Å². The van der Waals surface area contributed by atoms with Gasteiger partial charge in [-0.25, -0.2) is 4.79 Å². The molecule has 0 fully saturated rings. The molecule has 1 aliphatic carbocycles. The largest absolute Gasteiger partial charge is 0.452 e. The lowest BCUT2D eigenvalue weighted by Gasteiger charge is -2.09. The van der Waals surface area contributed by atoms with Gasteiger partial charge < -0.3 is 10.1 Å². The zero-order valence-electron chi connectivity index (χ0n) is 15.1. The second kappa shape index (κ2) is 8.65. The standard InChI is InChI=1S/C21H20N2O3S/c1-14-5-4-6-15(11-14)9-10-20(25)26-13-19(24)23-21-17(12-22)16-7-2-3-8-18(16)27-21/h4-6,9-11H,2-3,7-8,13H2,1H3,(H,23,24)/b10-9+. The summed E-state index contributed by atoms with van der Waals surface area (Å²) in [6.07, 6.45) is 6.95. The summed E-state index contributed by atoms with van der Waals surface area (Å²) < 4.78 is 4.99. The van der Waals surface area contributed by atoms with E-state index >= 15 is 0 Å². The highest BCUT2D eigenvalue weighted by molar-refractivity contribution is 7.16. The number of amides is 1. The number of anilines is 1. The first kappa shape index (κ1) is 18.9. The van der Waals surface area contributed by atoms with Crippen LogP contribution in [-0.4, -0.2) is 18.5 Å². The van der Waals surface area contributed by atoms with E-state index in [0.29, 0.717) is 10.6 Å². The third-order valence-corrected chi connectivity index (χ3v) is 5.54. The van der Waals surface area contributed by atoms with Crippen LogP contribution in [0.1, 0.15) is 40.0 Å². The van der Waals surface area contributed by atoms with Gasteiger partial charge in [-0.2, -0.15) is 5.26 Å². The lowest BCUT2D eigenvalue weighted by atomic mass is 9.96. The van der Waals surface area contributed by atoms with Crippen molar-refractivity contribution in [3.8, 4) is 6.07 Å². The molecule has 1 heterocycles. The Balaban J connectivity index is 1.55. The van der Waals surface area contributed by atoms with Crippen molar-refractivity contribution in [2.24, 2.45) is 0 Å². The van der Waals surface area contributed by atoms with Crippen LogP contribution >= 0.6 is 11.3 Å². The van der Waals surface area contributed by atoms with Crippen LogP contribution in [0.2, 0.25) is 0 Å². The molecule has 6 heteroatoms. The van der Waals surface area contributed by atoms with Crippen molar-refractivity contribution in [2.45, 2.75) is 32.6 Å². The lowest BCUT2D eigenvalue weighted by Crippen LogP contribution is -2.20. The summed E-state index contributed by atoms with van der Waals surface area (Å²) in [5, 5.41) is 12.7. The van der Waals surface area contributed by atoms with E-state index in [4.69, 9.17) is 4.74 Å². The fourth-order valence-corrected chi connectivity index (χ4v) is 4.31. The lowest BCUT2D eigenvalue weighted by molar-refractivity contribution is -0.142. The number of nitriles is 1. The summed E-state index contributed by atoms with van der Waals surface area (Å²) in [5.41, 5.74) is 3.59. The van der Waals surface area contributed by atoms with Crippen LogP contribution in [0.25, 0.3) is 6.08 Å². The zero-order valence-corrected chi connectivity index (χ0v) is 15.9. The van der Waals surface area contributed by atoms with Crippen molar-refractivity contribution in [3.05, 3.63) is 57.5 Å². The number of carbonyl (C=O) groups excluding carboxylic acids is 2. The molecule has 0 aliphatic heterocycles. The molecule has 138 valence electrons. The molecule has 5 nitrogen and oxygen atoms in total. The highest BCUT2D eigenvalue weighted by atomic mass is 32.1. The van der Waals surface area contributed by atoms with E-state index in [1.807, 2.05) is 31.2 Å². The number of ether oxygens (including phenoxy) is 1. The van der Waals surface area contributed by atoms with E-state index in [2.05, 4.69) is 11.4 Å². The quantitative estimate of drug-likeness (QED) is 0.628. The van der Waals surface area contributed by atoms with Gasteiger partial charge in [-0.1, -0.05) is 29.8 Å². The first-order valence-corrected chi connectivity index (χ1v) is 9.64. The Morgan fingerprint density at radius 3 is 2.93 bits per heavy atom. The minimum atomic E-state index is -0.586. The predicted molar refractivity (Wildman–Crippen MR) is 105 cm³/mol. The van der Waals surface area contributed by atoms with Crippen LogP contribution in [0.5, 0.6) is 0 Å². The molecule has 0 unspecified atom stereocenters. The van der Waals surface area contributed by atoms with E-state index in [1.54, 1.807) is 6.08 Å². The van der Waals surface area contributed by atoms with Crippen molar-refractivity contribution in [3.63, 3.8) is 0 Å². The molecular weight excluding hydrogens is 360 g/mol. The van der Waals surface area contributed by atoms with Crippen LogP contribution < -0.4 is 5.32 Å². The minimum absolute atomic E-state index is 0.384. The average molecular weight is 380 g/mol. The van der Waals surface area contributed by atoms with Gasteiger partial charge in [-0.15, -0.1) is 11.3 Å². The van der Waals surface area contributed by atoms with Crippen molar-refractivity contribution >= 4 is 34.3 Å². The number of fused-ring (bicyclic) bond motifs is 1. The molecule has 1 aromatic heterocycles. The Labute approximate surface area is 162 Å². The first-order chi connectivity index (χ1) is 13.1. The maximum Gasteiger partial charge on any atom is 0.331 e. The molecule has 0 spiro atoms. The highest BCUT2D eigenvalue weighted by Gasteiger charge is 2.21. The molecule has 0 atom stereocenters. The van der Waals surface area contributed by atoms with Gasteiger partial charge in [0.25, 0.3) is 5.91 Å². The van der Waals surface area contributed by atoms with Crippen molar-refractivity contribution < 1.29 is 14.3 Å². The van der Waals surface area contributed by atoms with Crippen molar-refractivity contribution in [2.75, 3.05) is 11.9 Å². The Kier molecular flexibility index (Phi) is 6.05. The zero-order chi connectivity index (χ0) is 19.2. The highest BCUT2D eigenvalue weighted by Crippen LogP contribution is 2.37. The summed E-state index contributed by atoms with van der Waals surface area (Å²) in [4.78, 5) is 25.1. The van der Waals surface area contributed by atoms with Gasteiger partial charge in [0.15, 0.2) is 6.61 Å². The molecule has 1 amide bonds. The molecule has 1 aliphatic rings. The fourth-order valence-electron chi connectivity index (χ4n) is 3.06. The van der Waals surface area contributed by atoms with Crippen LogP contribution in [0.3, 0.4) is 0 Å². The van der Waals surface area contributed by atoms with Crippen LogP contribution in [0.4, 0.5) is 5.00 Å². The fraction of sp³-hybridized carbons (Fsp3) is 0.286. The molecule has 0 saturated carbocycles. The Bertz CT molecular complexity index is 937. The molecule has 1 aromatic carbocycles. The summed E-state index contributed by atoms with van der Waals surface area (Å²) >= 11 is 1.45. The third-order valence-electron chi connectivity index (χ3n) is 4.34. The van der Waals surface area contributed by atoms with Gasteiger partial charge in [0.1, 0.15) is 11.1 Å². The van der Waals surface area contributed by atoms with E-state index in [0.717, 1.165) is 42.4 Å². The number of rotatable bonds is 5. The van der Waals surface area contributed by atoms with Gasteiger partial charge in [0.2, 0.25) is 0 Å². The number of aryl methyl sites for hydroxylation is 2. The van der Waals surface area contributed by atoms with E-state index in [1.165, 1.54) is 22.3 Å². The number of hydrogen-bond donors (Lipinski definition) is 1. The minimum Gasteiger partial charge on any atom is -0.452 e. The molecule has 0 bridgehead atoms. The van der Waals surface area contributed by atoms with Crippen LogP contribution in [-0.2, 0) is 27.2 Å². The van der Waals surface area contributed by atoms with Crippen LogP contribution in [0.15, 0.2) is 30.3 Å². The van der Waals surface area contributed by atoms with Gasteiger partial charge >= 0.3 is 5.97 Å². The number of thiophene rings is 1. The summed E-state index contributed by atoms with van der Waals surface area (Å²) in [7, 11) is 0. The molecule has 2 aromatic rings. The topological polar surface area (TPSA) is 79.2 Å². The van der Waals surface area contributed by atoms with Gasteiger partial charge in [0, 0.05) is 11.0 Å². The van der Waals surface area contributed by atoms with Gasteiger partial charge in [-0.3, -0.25) is 4.79 Å². The molecule has 1 N–H and O–H groups in total. The Morgan fingerprint density at radius 2 is 2.15 bits per heavy atom. The van der Waals surface area contributed by atoms with Crippen LogP contribution in [0, 0.1) is 18.3 Å². The average Bonchev–Trinajstić information content (AvgIpc) is 3.01. The summed E-state index contributed by atoms with van der Waals surface area (Å²) in [5.74, 6) is -1.03. The molecule has 3 rings (SSSR count). The number of nitrogens with zero attached hydrogens (tertiary/aromatic N) is 1. The summed E-state index contributed by atoms with van der Waals surface area (Å²) in [6, 6.07) is 9.89. The van der Waals surface area contributed by atoms with Crippen molar-refractivity contribution in [1.82, 2.24) is 0 Å². The second-order valence-corrected chi connectivity index (χ2v) is 7.54. The first-order valence-electron chi connectivity index (χ1n) is 8.83. The van der Waals surface area contributed by atoms with E-state index < -0.39 is 11.9 Å². The number of esters is 1. The molecule has 0 saturated heterocycles. The third kappa shape index (κ3) is 4.83. The maximum absolute atomic E-state index is 12.1. The SMILES string of the molecule is Cc1cccc(/C=C/C(=O)OCC(=O)Nc2sc3c(c2C#N)CCCC3)c1. The number of benzene rings is 1. The normalized spacial score (nSPS) is 13.0. The van der Waals surface area contributed by atoms with Crippen molar-refractivity contribution in [1.29, 1.82) is 5.26 Å². The summed E-state index contributed by atoms with van der Waals surface area (Å²) in [6.45, 7) is 1.59. The molecule has 27 heavy (non-hydrogen) atoms. The second-order valence-electron chi connectivity index (χ2n) is 6.43. The number of carbonyl (C=O) groups is 2. The number of hydrogen-bond acceptors (Lipinski definition) is 5. The Hall–Kier alpha value is -2.91. The van der Waals surface area contributed by atoms with E-state index in [-0.39, 0.29) is 6.61 Å².